The Morgan fingerprint density at radius 3 is 1.09 bits per heavy atom. The first kappa shape index (κ1) is 58.7. The van der Waals surface area contributed by atoms with Gasteiger partial charge < -0.3 is 19.4 Å². The number of nitrogens with zero attached hydrogens (tertiary/aromatic N) is 6. The maximum absolute atomic E-state index is 11.7. The van der Waals surface area contributed by atoms with Crippen molar-refractivity contribution in [2.75, 3.05) is 44.7 Å². The van der Waals surface area contributed by atoms with Crippen molar-refractivity contribution in [1.29, 1.82) is 0 Å². The molecule has 55 heavy (non-hydrogen) atoms. The summed E-state index contributed by atoms with van der Waals surface area (Å²) < 4.78 is 25.6. The molecule has 0 atom stereocenters. The number of carbonyl (C=O) groups excluding carboxylic acids is 3. The second-order valence-corrected chi connectivity index (χ2v) is 16.4. The van der Waals surface area contributed by atoms with Crippen LogP contribution in [0.15, 0.2) is 18.2 Å². The fraction of sp³-hybridized carbons (Fsp3) is 0.756. The van der Waals surface area contributed by atoms with E-state index in [-0.39, 0.29) is 49.2 Å². The van der Waals surface area contributed by atoms with Gasteiger partial charge in [-0.3, -0.25) is 19.4 Å². The molecule has 1 saturated heterocycles. The van der Waals surface area contributed by atoms with Gasteiger partial charge in [0.2, 0.25) is 17.7 Å². The van der Waals surface area contributed by atoms with Crippen LogP contribution in [0.1, 0.15) is 155 Å². The van der Waals surface area contributed by atoms with Gasteiger partial charge in [0.25, 0.3) is 0 Å². The zero-order chi connectivity index (χ0) is 43.2. The van der Waals surface area contributed by atoms with Crippen LogP contribution < -0.4 is 0 Å². The van der Waals surface area contributed by atoms with Crippen LogP contribution in [0.4, 0.5) is 0 Å². The van der Waals surface area contributed by atoms with Crippen LogP contribution in [0.5, 0.6) is 0 Å². The van der Waals surface area contributed by atoms with E-state index in [1.54, 1.807) is 60.7 Å². The van der Waals surface area contributed by atoms with Crippen LogP contribution in [0.3, 0.4) is 0 Å². The average molecular weight is 817 g/mol. The highest BCUT2D eigenvalue weighted by molar-refractivity contribution is 7.91. The normalized spacial score (nSPS) is 11.5. The molecule has 2 aromatic rings. The van der Waals surface area contributed by atoms with E-state index >= 15 is 0 Å². The Kier molecular flexibility index (Phi) is 41.9. The number of amides is 3. The van der Waals surface area contributed by atoms with Gasteiger partial charge in [0.05, 0.1) is 20.0 Å². The molecule has 0 unspecified atom stereocenters. The molecule has 1 aliphatic heterocycles. The fourth-order valence-corrected chi connectivity index (χ4v) is 5.06. The summed E-state index contributed by atoms with van der Waals surface area (Å²) in [5.41, 5.74) is 2.18. The number of unbranched alkanes of at least 4 members (excludes halogenated alkanes) is 4. The molecular weight excluding hydrogens is 737 g/mol. The molecule has 3 rings (SSSR count). The predicted molar refractivity (Wildman–Crippen MR) is 232 cm³/mol. The van der Waals surface area contributed by atoms with Crippen molar-refractivity contribution in [3.05, 3.63) is 39.6 Å². The Balaban J connectivity index is -0.000000299. The van der Waals surface area contributed by atoms with Crippen molar-refractivity contribution < 1.29 is 27.5 Å². The summed E-state index contributed by atoms with van der Waals surface area (Å²) >= 11 is 1.62. The third-order valence-electron chi connectivity index (χ3n) is 7.14. The van der Waals surface area contributed by atoms with Gasteiger partial charge in [0.15, 0.2) is 0 Å². The Morgan fingerprint density at radius 1 is 0.618 bits per heavy atom. The maximum atomic E-state index is 11.7. The first-order valence-electron chi connectivity index (χ1n) is 20.3. The van der Waals surface area contributed by atoms with Crippen LogP contribution in [0, 0.1) is 27.7 Å². The molecule has 1 fully saturated rings. The lowest BCUT2D eigenvalue weighted by atomic mass is 10.2. The van der Waals surface area contributed by atoms with Crippen LogP contribution >= 0.6 is 11.3 Å². The summed E-state index contributed by atoms with van der Waals surface area (Å²) in [6, 6.07) is 6.00. The van der Waals surface area contributed by atoms with Crippen molar-refractivity contribution in [2.24, 2.45) is 0 Å². The molecule has 322 valence electrons. The second-order valence-electron chi connectivity index (χ2n) is 12.4. The lowest BCUT2D eigenvalue weighted by Crippen LogP contribution is -2.59. The molecule has 0 radical (unpaired) electrons. The second kappa shape index (κ2) is 39.3. The molecule has 3 amide bonds. The van der Waals surface area contributed by atoms with Gasteiger partial charge >= 0.3 is 0 Å². The monoisotopic (exact) mass is 817 g/mol. The highest BCUT2D eigenvalue weighted by Crippen LogP contribution is 2.11. The molecule has 0 aliphatic carbocycles. The topological polar surface area (TPSA) is 143 Å². The van der Waals surface area contributed by atoms with Gasteiger partial charge in [-0.15, -0.1) is 21.5 Å². The third kappa shape index (κ3) is 36.4. The molecule has 12 nitrogen and oxygen atoms in total. The number of ether oxygens (including phenoxy) is 1. The predicted octanol–water partition coefficient (Wildman–Crippen LogP) is 9.32. The van der Waals surface area contributed by atoms with E-state index in [1.165, 1.54) is 38.5 Å². The number of aromatic nitrogens is 3. The molecule has 0 aromatic carbocycles. The number of sulfone groups is 1. The molecular formula is C41H80N6O6S2. The Labute approximate surface area is 341 Å². The Morgan fingerprint density at radius 2 is 0.945 bits per heavy atom. The zero-order valence-corrected chi connectivity index (χ0v) is 39.1. The van der Waals surface area contributed by atoms with E-state index in [0.29, 0.717) is 19.3 Å². The average Bonchev–Trinajstić information content (AvgIpc) is 3.57. The molecule has 0 bridgehead atoms. The van der Waals surface area contributed by atoms with Crippen molar-refractivity contribution in [1.82, 2.24) is 29.9 Å². The highest BCUT2D eigenvalue weighted by Gasteiger charge is 2.29. The minimum atomic E-state index is -2.66. The highest BCUT2D eigenvalue weighted by atomic mass is 32.2. The lowest BCUT2D eigenvalue weighted by molar-refractivity contribution is -0.158. The van der Waals surface area contributed by atoms with Crippen LogP contribution in [-0.4, -0.2) is 101 Å². The number of hydrogen-bond donors (Lipinski definition) is 0. The van der Waals surface area contributed by atoms with E-state index in [4.69, 9.17) is 4.74 Å². The fourth-order valence-electron chi connectivity index (χ4n) is 4.06. The van der Waals surface area contributed by atoms with Crippen LogP contribution in [-0.2, 0) is 29.0 Å². The first-order valence-corrected chi connectivity index (χ1v) is 22.9. The minimum Gasteiger partial charge on any atom is -0.382 e. The molecule has 1 aliphatic rings. The van der Waals surface area contributed by atoms with E-state index < -0.39 is 9.84 Å². The first-order chi connectivity index (χ1) is 26.0. The summed E-state index contributed by atoms with van der Waals surface area (Å²) in [6.45, 7) is 31.8. The van der Waals surface area contributed by atoms with Gasteiger partial charge in [0.1, 0.15) is 19.9 Å². The molecule has 14 heteroatoms. The van der Waals surface area contributed by atoms with E-state index in [9.17, 15) is 22.8 Å². The maximum Gasteiger partial charge on any atom is 0.225 e. The number of pyridine rings is 1. The number of rotatable bonds is 11. The number of carbonyl (C=O) groups is 3. The van der Waals surface area contributed by atoms with Gasteiger partial charge in [-0.2, -0.15) is 0 Å². The number of hydrogen-bond acceptors (Lipinski definition) is 10. The Hall–Kier alpha value is -2.97. The molecule has 2 aromatic heterocycles. The SMILES string of the molecule is CCC.CCC(=O)N1CN(C(=O)CC)CN(C(=O)CC)C1.CCCCCCC.CCOCC.CCS(=O)(=O)CC.Cc1cccc(C)n1.Cc1nnc(C)s1. The van der Waals surface area contributed by atoms with E-state index in [1.807, 2.05) is 59.7 Å². The summed E-state index contributed by atoms with van der Waals surface area (Å²) in [4.78, 5) is 44.0. The summed E-state index contributed by atoms with van der Waals surface area (Å²) in [7, 11) is -2.66. The van der Waals surface area contributed by atoms with E-state index in [2.05, 4.69) is 42.9 Å². The third-order valence-corrected chi connectivity index (χ3v) is 9.65. The zero-order valence-electron chi connectivity index (χ0n) is 37.5. The molecule has 0 N–H and O–H groups in total. The standard InChI is InChI=1S/C12H21N3O3.C7H9N.C7H16.C4H6N2S.C4H10O2S.C4H10O.C3H8/c1-4-10(16)13-7-14(11(17)5-2)9-15(8-13)12(18)6-3;1-6-4-3-5-7(2)8-6;1-3-5-7-6-4-2;1-3-5-6-4(2)7-3;1-3-7(5,6)4-2;1-3-5-4-2;1-3-2/h4-9H2,1-3H3;3-5H,1-2H3;3-7H2,1-2H3;1-2H3;3-4H2,1-2H3;3-4H2,1-2H3;3H2,1-2H3. The molecule has 0 spiro atoms. The summed E-state index contributed by atoms with van der Waals surface area (Å²) in [5.74, 6) is 0.403. The smallest absolute Gasteiger partial charge is 0.225 e. The summed E-state index contributed by atoms with van der Waals surface area (Å²) in [6.07, 6.45) is 9.39. The lowest BCUT2D eigenvalue weighted by Gasteiger charge is -2.42. The van der Waals surface area contributed by atoms with Gasteiger partial charge in [-0.1, -0.05) is 107 Å². The van der Waals surface area contributed by atoms with Crippen molar-refractivity contribution in [3.63, 3.8) is 0 Å². The van der Waals surface area contributed by atoms with Crippen molar-refractivity contribution >= 4 is 38.9 Å². The Bertz CT molecular complexity index is 1220. The largest absolute Gasteiger partial charge is 0.382 e. The van der Waals surface area contributed by atoms with Crippen molar-refractivity contribution in [3.8, 4) is 0 Å². The van der Waals surface area contributed by atoms with E-state index in [0.717, 1.165) is 34.6 Å². The van der Waals surface area contributed by atoms with Gasteiger partial charge in [0, 0.05) is 55.4 Å². The van der Waals surface area contributed by atoms with Gasteiger partial charge in [-0.05, 0) is 53.7 Å². The van der Waals surface area contributed by atoms with Crippen molar-refractivity contribution in [2.45, 2.75) is 162 Å². The number of aryl methyl sites for hydroxylation is 4. The van der Waals surface area contributed by atoms with Gasteiger partial charge in [-0.25, -0.2) is 8.42 Å². The van der Waals surface area contributed by atoms with Crippen LogP contribution in [0.25, 0.3) is 0 Å². The quantitative estimate of drug-likeness (QED) is 0.203. The molecule has 3 heterocycles. The minimum absolute atomic E-state index is 0.0440. The van der Waals surface area contributed by atoms with Crippen LogP contribution in [0.2, 0.25) is 0 Å². The molecule has 0 saturated carbocycles. The summed E-state index contributed by atoms with van der Waals surface area (Å²) in [5, 5.41) is 9.65.